The minimum Gasteiger partial charge on any atom is -0.505 e. The topological polar surface area (TPSA) is 95.7 Å². The van der Waals surface area contributed by atoms with Gasteiger partial charge in [-0.2, -0.15) is 0 Å². The van der Waals surface area contributed by atoms with Crippen LogP contribution < -0.4 is 9.47 Å². The monoisotopic (exact) mass is 425 g/mol. The Morgan fingerprint density at radius 3 is 2.48 bits per heavy atom. The van der Waals surface area contributed by atoms with Crippen molar-refractivity contribution in [1.29, 1.82) is 0 Å². The highest BCUT2D eigenvalue weighted by molar-refractivity contribution is 5.88. The van der Waals surface area contributed by atoms with Crippen LogP contribution in [-0.2, 0) is 14.9 Å². The standard InChI is InChI=1S/C23H27N3O5/c1-7-30-22(28)14(2)13-31-16-10-17(23(3,4)5)21(27)20(12-16)26-24-18-9-8-15(29-6)11-19(18)25-26/h8-12,27H,2,7,13H2,1,3-6H3. The van der Waals surface area contributed by atoms with Crippen LogP contribution in [0.1, 0.15) is 33.3 Å². The van der Waals surface area contributed by atoms with E-state index in [1.54, 1.807) is 44.4 Å². The Kier molecular flexibility index (Phi) is 6.19. The zero-order chi connectivity index (χ0) is 22.8. The van der Waals surface area contributed by atoms with Gasteiger partial charge in [0.15, 0.2) is 0 Å². The molecule has 0 aliphatic rings. The molecule has 164 valence electrons. The van der Waals surface area contributed by atoms with E-state index in [0.717, 1.165) is 0 Å². The normalized spacial score (nSPS) is 11.4. The number of phenolic OH excluding ortho intramolecular Hbond substituents is 1. The van der Waals surface area contributed by atoms with E-state index in [1.807, 2.05) is 20.8 Å². The van der Waals surface area contributed by atoms with Crippen molar-refractivity contribution in [3.63, 3.8) is 0 Å². The number of methoxy groups -OCH3 is 1. The highest BCUT2D eigenvalue weighted by Gasteiger charge is 2.24. The van der Waals surface area contributed by atoms with Crippen LogP contribution in [0.15, 0.2) is 42.5 Å². The van der Waals surface area contributed by atoms with Gasteiger partial charge in [-0.05, 0) is 30.5 Å². The molecule has 0 aliphatic heterocycles. The first-order valence-electron chi connectivity index (χ1n) is 9.90. The number of hydrogen-bond donors (Lipinski definition) is 1. The summed E-state index contributed by atoms with van der Waals surface area (Å²) in [7, 11) is 1.58. The number of ether oxygens (including phenoxy) is 3. The molecule has 0 amide bonds. The molecular weight excluding hydrogens is 398 g/mol. The quantitative estimate of drug-likeness (QED) is 0.453. The number of rotatable bonds is 7. The molecule has 0 atom stereocenters. The van der Waals surface area contributed by atoms with E-state index in [1.165, 1.54) is 4.80 Å². The highest BCUT2D eigenvalue weighted by Crippen LogP contribution is 2.38. The van der Waals surface area contributed by atoms with Crippen LogP contribution >= 0.6 is 0 Å². The summed E-state index contributed by atoms with van der Waals surface area (Å²) in [5, 5.41) is 19.9. The van der Waals surface area contributed by atoms with Crippen LogP contribution in [-0.4, -0.2) is 46.4 Å². The van der Waals surface area contributed by atoms with Crippen LogP contribution in [0.2, 0.25) is 0 Å². The number of carbonyl (C=O) groups excluding carboxylic acids is 1. The molecule has 1 heterocycles. The van der Waals surface area contributed by atoms with Gasteiger partial charge in [0.25, 0.3) is 0 Å². The van der Waals surface area contributed by atoms with Crippen molar-refractivity contribution in [3.8, 4) is 22.9 Å². The fourth-order valence-electron chi connectivity index (χ4n) is 2.99. The Labute approximate surface area is 181 Å². The molecule has 3 rings (SSSR count). The average molecular weight is 425 g/mol. The third kappa shape index (κ3) is 4.79. The van der Waals surface area contributed by atoms with Crippen LogP contribution in [0.5, 0.6) is 17.2 Å². The molecule has 3 aromatic rings. The zero-order valence-electron chi connectivity index (χ0n) is 18.4. The van der Waals surface area contributed by atoms with Crippen molar-refractivity contribution < 1.29 is 24.1 Å². The summed E-state index contributed by atoms with van der Waals surface area (Å²) in [6, 6.07) is 8.72. The molecule has 0 saturated heterocycles. The Morgan fingerprint density at radius 2 is 1.84 bits per heavy atom. The van der Waals surface area contributed by atoms with Crippen LogP contribution in [0.4, 0.5) is 0 Å². The van der Waals surface area contributed by atoms with E-state index in [0.29, 0.717) is 33.8 Å². The molecule has 0 saturated carbocycles. The van der Waals surface area contributed by atoms with E-state index >= 15 is 0 Å². The van der Waals surface area contributed by atoms with Crippen LogP contribution in [0.25, 0.3) is 16.7 Å². The number of esters is 1. The smallest absolute Gasteiger partial charge is 0.336 e. The summed E-state index contributed by atoms with van der Waals surface area (Å²) in [4.78, 5) is 13.2. The lowest BCUT2D eigenvalue weighted by Gasteiger charge is -2.23. The molecule has 31 heavy (non-hydrogen) atoms. The minimum atomic E-state index is -0.508. The second-order valence-corrected chi connectivity index (χ2v) is 8.05. The lowest BCUT2D eigenvalue weighted by Crippen LogP contribution is -2.15. The molecule has 0 radical (unpaired) electrons. The van der Waals surface area contributed by atoms with Gasteiger partial charge >= 0.3 is 5.97 Å². The average Bonchev–Trinajstić information content (AvgIpc) is 3.14. The summed E-state index contributed by atoms with van der Waals surface area (Å²) in [6.45, 7) is 11.6. The summed E-state index contributed by atoms with van der Waals surface area (Å²) in [5.41, 5.74) is 2.10. The van der Waals surface area contributed by atoms with Crippen LogP contribution in [0, 0.1) is 0 Å². The first-order chi connectivity index (χ1) is 14.6. The fourth-order valence-corrected chi connectivity index (χ4v) is 2.99. The fraction of sp³-hybridized carbons (Fsp3) is 0.348. The number of hydrogen-bond acceptors (Lipinski definition) is 7. The van der Waals surface area contributed by atoms with Gasteiger partial charge in [0, 0.05) is 17.7 Å². The summed E-state index contributed by atoms with van der Waals surface area (Å²) >= 11 is 0. The maximum atomic E-state index is 11.8. The third-order valence-electron chi connectivity index (χ3n) is 4.65. The molecule has 0 unspecified atom stereocenters. The SMILES string of the molecule is C=C(COc1cc(-n2nc3ccc(OC)cc3n2)c(O)c(C(C)(C)C)c1)C(=O)OCC. The molecular formula is C23H27N3O5. The maximum Gasteiger partial charge on any atom is 0.336 e. The summed E-state index contributed by atoms with van der Waals surface area (Å²) in [6.07, 6.45) is 0. The van der Waals surface area contributed by atoms with E-state index in [4.69, 9.17) is 14.2 Å². The van der Waals surface area contributed by atoms with Crippen molar-refractivity contribution >= 4 is 17.0 Å². The second-order valence-electron chi connectivity index (χ2n) is 8.05. The maximum absolute atomic E-state index is 11.8. The van der Waals surface area contributed by atoms with Gasteiger partial charge in [0.05, 0.1) is 19.3 Å². The number of fused-ring (bicyclic) bond motifs is 1. The van der Waals surface area contributed by atoms with Crippen molar-refractivity contribution in [2.75, 3.05) is 20.3 Å². The largest absolute Gasteiger partial charge is 0.505 e. The molecule has 2 aromatic carbocycles. The molecule has 1 N–H and O–H groups in total. The number of benzene rings is 2. The van der Waals surface area contributed by atoms with Gasteiger partial charge in [0.2, 0.25) is 0 Å². The van der Waals surface area contributed by atoms with Gasteiger partial charge in [-0.3, -0.25) is 0 Å². The number of nitrogens with zero attached hydrogens (tertiary/aromatic N) is 3. The summed E-state index contributed by atoms with van der Waals surface area (Å²) < 4.78 is 16.0. The predicted molar refractivity (Wildman–Crippen MR) is 117 cm³/mol. The molecule has 0 aliphatic carbocycles. The van der Waals surface area contributed by atoms with Crippen molar-refractivity contribution in [1.82, 2.24) is 15.0 Å². The second kappa shape index (κ2) is 8.67. The van der Waals surface area contributed by atoms with Gasteiger partial charge in [0.1, 0.15) is 40.6 Å². The predicted octanol–water partition coefficient (Wildman–Crippen LogP) is 3.93. The van der Waals surface area contributed by atoms with Gasteiger partial charge in [-0.15, -0.1) is 15.0 Å². The van der Waals surface area contributed by atoms with Gasteiger partial charge < -0.3 is 19.3 Å². The number of aromatic hydroxyl groups is 1. The Hall–Kier alpha value is -3.55. The Morgan fingerprint density at radius 1 is 1.13 bits per heavy atom. The number of carbonyl (C=O) groups is 1. The molecule has 0 spiro atoms. The lowest BCUT2D eigenvalue weighted by atomic mass is 9.86. The Balaban J connectivity index is 2.02. The van der Waals surface area contributed by atoms with Crippen molar-refractivity contribution in [2.45, 2.75) is 33.1 Å². The summed E-state index contributed by atoms with van der Waals surface area (Å²) in [5.74, 6) is 0.652. The zero-order valence-corrected chi connectivity index (χ0v) is 18.4. The highest BCUT2D eigenvalue weighted by atomic mass is 16.5. The first-order valence-corrected chi connectivity index (χ1v) is 9.90. The number of aromatic nitrogens is 3. The van der Waals surface area contributed by atoms with Gasteiger partial charge in [-0.25, -0.2) is 4.79 Å². The lowest BCUT2D eigenvalue weighted by molar-refractivity contribution is -0.138. The van der Waals surface area contributed by atoms with Crippen molar-refractivity contribution in [2.24, 2.45) is 0 Å². The number of phenols is 1. The van der Waals surface area contributed by atoms with Gasteiger partial charge in [-0.1, -0.05) is 27.4 Å². The molecule has 0 fully saturated rings. The van der Waals surface area contributed by atoms with E-state index < -0.39 is 5.97 Å². The van der Waals surface area contributed by atoms with Crippen molar-refractivity contribution in [3.05, 3.63) is 48.0 Å². The third-order valence-corrected chi connectivity index (χ3v) is 4.65. The molecule has 1 aromatic heterocycles. The van der Waals surface area contributed by atoms with E-state index in [-0.39, 0.29) is 30.0 Å². The molecule has 8 nitrogen and oxygen atoms in total. The first kappa shape index (κ1) is 22.1. The van der Waals surface area contributed by atoms with Crippen LogP contribution in [0.3, 0.4) is 0 Å². The van der Waals surface area contributed by atoms with E-state index in [2.05, 4.69) is 16.8 Å². The van der Waals surface area contributed by atoms with E-state index in [9.17, 15) is 9.90 Å². The Bertz CT molecular complexity index is 1130. The molecule has 8 heteroatoms. The minimum absolute atomic E-state index is 0.0433. The molecule has 0 bridgehead atoms.